The zero-order chi connectivity index (χ0) is 55.0. The lowest BCUT2D eigenvalue weighted by atomic mass is 9.84. The van der Waals surface area contributed by atoms with Crippen molar-refractivity contribution in [1.29, 1.82) is 0 Å². The summed E-state index contributed by atoms with van der Waals surface area (Å²) >= 11 is 0. The maximum atomic E-state index is 15.2. The van der Waals surface area contributed by atoms with E-state index in [2.05, 4.69) is 84.3 Å². The van der Waals surface area contributed by atoms with Crippen molar-refractivity contribution in [3.63, 3.8) is 0 Å². The number of carbonyl (C=O) groups excluding carboxylic acids is 5. The Kier molecular flexibility index (Phi) is 16.2. The highest BCUT2D eigenvalue weighted by Gasteiger charge is 2.56. The van der Waals surface area contributed by atoms with Crippen LogP contribution in [-0.4, -0.2) is 172 Å². The van der Waals surface area contributed by atoms with Crippen molar-refractivity contribution in [2.45, 2.75) is 116 Å². The van der Waals surface area contributed by atoms with Gasteiger partial charge in [0.15, 0.2) is 11.8 Å². The van der Waals surface area contributed by atoms with Crippen LogP contribution in [0.4, 0.5) is 0 Å². The van der Waals surface area contributed by atoms with Gasteiger partial charge in [-0.05, 0) is 103 Å². The molecular weight excluding hydrogens is 993 g/mol. The van der Waals surface area contributed by atoms with Crippen LogP contribution in [0.2, 0.25) is 0 Å². The molecule has 6 atom stereocenters. The third-order valence-electron chi connectivity index (χ3n) is 16.3. The number of hydrogen-bond donors (Lipinski definition) is 2. The number of pyridine rings is 1. The normalized spacial score (nSPS) is 25.4. The topological polar surface area (TPSA) is 177 Å². The molecule has 4 saturated heterocycles. The largest absolute Gasteiger partial charge is 0.379 e. The number of fused-ring (bicyclic) bond motifs is 6. The molecule has 6 bridgehead atoms. The Morgan fingerprint density at radius 1 is 1.00 bits per heavy atom. The first-order chi connectivity index (χ1) is 36.7. The van der Waals surface area contributed by atoms with Crippen LogP contribution in [0.25, 0.3) is 33.3 Å². The molecule has 77 heavy (non-hydrogen) atoms. The van der Waals surface area contributed by atoms with Gasteiger partial charge in [0.2, 0.25) is 5.91 Å². The number of hydrazine groups is 1. The van der Waals surface area contributed by atoms with Gasteiger partial charge < -0.3 is 43.4 Å². The number of methoxy groups -OCH3 is 1. The number of rotatable bonds is 10. The Labute approximate surface area is 455 Å². The predicted molar refractivity (Wildman–Crippen MR) is 297 cm³/mol. The maximum absolute atomic E-state index is 15.2. The molecular formula is C59H77N8O9Si+. The fraction of sp³-hybridized carbons (Fsp3) is 0.542. The van der Waals surface area contributed by atoms with Crippen molar-refractivity contribution in [3.8, 4) is 34.2 Å². The summed E-state index contributed by atoms with van der Waals surface area (Å²) in [7, 11) is 5.74. The number of aryl methyl sites for hydroxylation is 1. The first kappa shape index (κ1) is 55.7. The van der Waals surface area contributed by atoms with Gasteiger partial charge in [0.25, 0.3) is 17.7 Å². The van der Waals surface area contributed by atoms with Crippen molar-refractivity contribution in [1.82, 2.24) is 35.1 Å². The molecule has 17 nitrogen and oxygen atoms in total. The van der Waals surface area contributed by atoms with Gasteiger partial charge in [0, 0.05) is 68.9 Å². The van der Waals surface area contributed by atoms with E-state index in [1.165, 1.54) is 9.91 Å². The first-order valence-corrected chi connectivity index (χ1v) is 28.3. The lowest BCUT2D eigenvalue weighted by Gasteiger charge is -2.43. The van der Waals surface area contributed by atoms with Crippen LogP contribution >= 0.6 is 0 Å². The lowest BCUT2D eigenvalue weighted by Crippen LogP contribution is -2.68. The molecule has 4 fully saturated rings. The summed E-state index contributed by atoms with van der Waals surface area (Å²) in [5.74, 6) is 3.90. The van der Waals surface area contributed by atoms with E-state index in [4.69, 9.17) is 23.9 Å². The molecule has 0 aliphatic carbocycles. The summed E-state index contributed by atoms with van der Waals surface area (Å²) in [6.07, 6.45) is 6.23. The summed E-state index contributed by atoms with van der Waals surface area (Å²) in [5, 5.41) is 5.69. The van der Waals surface area contributed by atoms with Gasteiger partial charge in [-0.25, -0.2) is 10.0 Å². The van der Waals surface area contributed by atoms with Gasteiger partial charge in [-0.2, -0.15) is 0 Å². The Morgan fingerprint density at radius 3 is 2.51 bits per heavy atom. The molecule has 0 saturated carbocycles. The van der Waals surface area contributed by atoms with E-state index in [0.29, 0.717) is 58.6 Å². The van der Waals surface area contributed by atoms with E-state index in [0.717, 1.165) is 50.1 Å². The second-order valence-electron chi connectivity index (χ2n) is 23.3. The fourth-order valence-electron chi connectivity index (χ4n) is 12.2. The number of likely N-dealkylation sites (tertiary alicyclic amines) is 1. The molecule has 410 valence electrons. The van der Waals surface area contributed by atoms with Crippen LogP contribution in [-0.2, 0) is 62.3 Å². The number of ether oxygens (including phenoxy) is 4. The van der Waals surface area contributed by atoms with E-state index in [1.54, 1.807) is 12.0 Å². The summed E-state index contributed by atoms with van der Waals surface area (Å²) in [5.41, 5.74) is 7.81. The van der Waals surface area contributed by atoms with Gasteiger partial charge in [-0.3, -0.25) is 29.2 Å². The highest BCUT2D eigenvalue weighted by Crippen LogP contribution is 2.42. The van der Waals surface area contributed by atoms with Crippen LogP contribution in [0.3, 0.4) is 0 Å². The average molecular weight is 1070 g/mol. The number of nitrogens with zero attached hydrogens (tertiary/aromatic N) is 6. The van der Waals surface area contributed by atoms with Crippen molar-refractivity contribution in [2.75, 3.05) is 74.0 Å². The molecule has 4 aromatic rings. The zero-order valence-electron chi connectivity index (χ0n) is 46.6. The number of benzene rings is 2. The van der Waals surface area contributed by atoms with Crippen LogP contribution < -0.4 is 10.7 Å². The molecule has 2 aromatic heterocycles. The van der Waals surface area contributed by atoms with Crippen LogP contribution in [0.5, 0.6) is 0 Å². The Hall–Kier alpha value is -6.07. The third kappa shape index (κ3) is 11.2. The molecule has 2 aromatic carbocycles. The first-order valence-electron chi connectivity index (χ1n) is 27.3. The van der Waals surface area contributed by atoms with E-state index in [-0.39, 0.29) is 72.8 Å². The second kappa shape index (κ2) is 22.3. The average Bonchev–Trinajstić information content (AvgIpc) is 4.25. The number of hydrogen-bond acceptors (Lipinski definition) is 11. The highest BCUT2D eigenvalue weighted by atomic mass is 28.1. The Bertz CT molecular complexity index is 3040. The fourth-order valence-corrected chi connectivity index (χ4v) is 12.7. The number of amides is 4. The molecule has 7 heterocycles. The molecule has 18 heteroatoms. The molecule has 5 aliphatic rings. The molecule has 5 aliphatic heterocycles. The van der Waals surface area contributed by atoms with Gasteiger partial charge in [-0.15, -0.1) is 0 Å². The third-order valence-corrected chi connectivity index (χ3v) is 17.2. The van der Waals surface area contributed by atoms with Gasteiger partial charge in [0.05, 0.1) is 54.1 Å². The quantitative estimate of drug-likeness (QED) is 0.102. The van der Waals surface area contributed by atoms with E-state index >= 15 is 4.79 Å². The number of carbonyl (C=O) groups is 5. The predicted octanol–water partition coefficient (Wildman–Crippen LogP) is 4.05. The Balaban J connectivity index is 1.05. The van der Waals surface area contributed by atoms with Crippen LogP contribution in [0.15, 0.2) is 60.8 Å². The zero-order valence-corrected chi connectivity index (χ0v) is 48.6. The van der Waals surface area contributed by atoms with Crippen LogP contribution in [0, 0.1) is 28.6 Å². The van der Waals surface area contributed by atoms with Crippen LogP contribution in [0.1, 0.15) is 90.2 Å². The molecule has 9 rings (SSSR count). The van der Waals surface area contributed by atoms with Gasteiger partial charge >= 0.3 is 0 Å². The molecule has 4 amide bonds. The summed E-state index contributed by atoms with van der Waals surface area (Å²) in [6, 6.07) is 16.6. The second-order valence-corrected chi connectivity index (χ2v) is 24.2. The summed E-state index contributed by atoms with van der Waals surface area (Å²) in [6.45, 7) is 14.7. The number of aromatic nitrogens is 2. The molecule has 0 radical (unpaired) electrons. The number of nitrogens with one attached hydrogen (secondary N) is 2. The van der Waals surface area contributed by atoms with Crippen molar-refractivity contribution >= 4 is 56.4 Å². The minimum atomic E-state index is -1.34. The molecule has 2 N–H and O–H groups in total. The summed E-state index contributed by atoms with van der Waals surface area (Å²) in [4.78, 5) is 80.1. The van der Waals surface area contributed by atoms with Gasteiger partial charge in [-0.1, -0.05) is 63.9 Å². The van der Waals surface area contributed by atoms with Crippen molar-refractivity contribution < 1.29 is 47.5 Å². The minimum absolute atomic E-state index is 0.00215. The molecule has 0 unspecified atom stereocenters. The maximum Gasteiger partial charge on any atom is 0.298 e. The minimum Gasteiger partial charge on any atom is -0.379 e. The highest BCUT2D eigenvalue weighted by molar-refractivity contribution is 6.60. The molecule has 1 spiro atoms. The van der Waals surface area contributed by atoms with E-state index in [9.17, 15) is 19.2 Å². The van der Waals surface area contributed by atoms with E-state index < -0.39 is 51.8 Å². The van der Waals surface area contributed by atoms with Gasteiger partial charge in [0.1, 0.15) is 49.3 Å². The lowest BCUT2D eigenvalue weighted by molar-refractivity contribution is -0.462. The SMILES string of the molecule is CCn1c(-c2cccnc2[C@H](C)OC)c2c3cc(ccc31)-c1cccc(c1)C[C@H](NC(=O)[C@H](C(C)C)N1CO[C@]3(CCN(C(=O)C#C[C@]4(C=[N+](C)C)CCOC4)C3)C1=O)C(=O)N1CCC[C@@](C(=O)[SiH3])(COCC(C)(C)C2)N1. The van der Waals surface area contributed by atoms with Crippen molar-refractivity contribution in [3.05, 3.63) is 77.6 Å². The van der Waals surface area contributed by atoms with Crippen molar-refractivity contribution in [2.24, 2.45) is 16.7 Å². The standard InChI is InChI=1S/C59H76N8O9Si/c1-10-65-47-18-17-42-30-44(47)45(51(65)43-16-12-24-60-49(43)39(4)73-9)31-56(5,6)34-75-36-58(55(72)77)20-13-25-67(62-58)53(70)46(29-40-14-11-15-41(42)28-40)61-52(69)50(38(2)3)66-37-76-59(54(66)71)22-26-64(33-59)48(68)19-21-57(32-63(7)8)23-27-74-35-57/h11-12,14-18,24,28,30,32,38-39,46,50,62H,10,13,20,22-23,25-27,29,31,33-37H2,1-9,77H3/p+1/t39-,46-,50-,57+,58-,59-/m0/s1. The smallest absolute Gasteiger partial charge is 0.298 e. The van der Waals surface area contributed by atoms with E-state index in [1.807, 2.05) is 70.1 Å². The Morgan fingerprint density at radius 2 is 1.79 bits per heavy atom. The monoisotopic (exact) mass is 1070 g/mol. The summed E-state index contributed by atoms with van der Waals surface area (Å²) < 4.78 is 28.8.